The summed E-state index contributed by atoms with van der Waals surface area (Å²) >= 11 is 4.13. The Hall–Kier alpha value is 0.930. The van der Waals surface area contributed by atoms with Crippen LogP contribution in [0.4, 0.5) is 0 Å². The van der Waals surface area contributed by atoms with Crippen LogP contribution in [0, 0.1) is 5.41 Å². The molecule has 0 atom stereocenters. The molecule has 1 rings (SSSR count). The minimum atomic E-state index is -0.189. The van der Waals surface area contributed by atoms with Crippen molar-refractivity contribution in [3.8, 4) is 0 Å². The van der Waals surface area contributed by atoms with Gasteiger partial charge in [-0.3, -0.25) is 4.79 Å². The molecule has 0 saturated heterocycles. The fourth-order valence-corrected chi connectivity index (χ4v) is 3.59. The van der Waals surface area contributed by atoms with E-state index in [1.54, 1.807) is 23.0 Å². The lowest BCUT2D eigenvalue weighted by Gasteiger charge is -2.31. The molecule has 2 nitrogen and oxygen atoms in total. The van der Waals surface area contributed by atoms with E-state index >= 15 is 0 Å². The van der Waals surface area contributed by atoms with Gasteiger partial charge in [0.05, 0.1) is 5.41 Å². The van der Waals surface area contributed by atoms with Gasteiger partial charge in [0, 0.05) is 3.42 Å². The van der Waals surface area contributed by atoms with Gasteiger partial charge in [0.15, 0.2) is 23.0 Å². The molecule has 1 fully saturated rings. The second-order valence-electron chi connectivity index (χ2n) is 4.75. The standard InChI is InChI=1S/C10H16I2O2/c1-9(2,11)7-10(8(13)14-12)5-3-4-6-10/h3-7H2,1-2H3. The first-order valence-corrected chi connectivity index (χ1v) is 6.88. The molecule has 0 unspecified atom stereocenters. The van der Waals surface area contributed by atoms with Gasteiger partial charge < -0.3 is 3.07 Å². The molecule has 0 aromatic carbocycles. The third-order valence-electron chi connectivity index (χ3n) is 2.82. The molecule has 0 spiro atoms. The summed E-state index contributed by atoms with van der Waals surface area (Å²) in [5.41, 5.74) is -0.189. The molecule has 1 aliphatic rings. The Morgan fingerprint density at radius 3 is 2.29 bits per heavy atom. The van der Waals surface area contributed by atoms with E-state index in [9.17, 15) is 4.79 Å². The number of hydrogen-bond acceptors (Lipinski definition) is 2. The van der Waals surface area contributed by atoms with Gasteiger partial charge in [-0.25, -0.2) is 0 Å². The van der Waals surface area contributed by atoms with Crippen molar-refractivity contribution in [3.63, 3.8) is 0 Å². The number of rotatable bonds is 3. The van der Waals surface area contributed by atoms with E-state index in [2.05, 4.69) is 36.4 Å². The van der Waals surface area contributed by atoms with Crippen LogP contribution in [0.15, 0.2) is 0 Å². The highest BCUT2D eigenvalue weighted by Crippen LogP contribution is 2.47. The van der Waals surface area contributed by atoms with Crippen LogP contribution in [0.2, 0.25) is 0 Å². The molecule has 0 amide bonds. The smallest absolute Gasteiger partial charge is 0.321 e. The zero-order valence-electron chi connectivity index (χ0n) is 8.61. The second-order valence-corrected chi connectivity index (χ2v) is 8.11. The van der Waals surface area contributed by atoms with Crippen LogP contribution in [-0.2, 0) is 7.86 Å². The summed E-state index contributed by atoms with van der Waals surface area (Å²) in [5.74, 6) is -0.0136. The largest absolute Gasteiger partial charge is 0.394 e. The molecule has 1 saturated carbocycles. The molecule has 0 radical (unpaired) electrons. The average molecular weight is 422 g/mol. The van der Waals surface area contributed by atoms with E-state index in [1.807, 2.05) is 0 Å². The Bertz CT molecular complexity index is 215. The minimum Gasteiger partial charge on any atom is -0.394 e. The monoisotopic (exact) mass is 422 g/mol. The van der Waals surface area contributed by atoms with Crippen molar-refractivity contribution in [1.29, 1.82) is 0 Å². The van der Waals surface area contributed by atoms with Crippen molar-refractivity contribution >= 4 is 51.6 Å². The highest BCUT2D eigenvalue weighted by Gasteiger charge is 2.45. The Morgan fingerprint density at radius 2 is 1.93 bits per heavy atom. The van der Waals surface area contributed by atoms with Gasteiger partial charge in [-0.05, 0) is 19.3 Å². The first-order valence-electron chi connectivity index (χ1n) is 4.92. The molecule has 0 heterocycles. The van der Waals surface area contributed by atoms with Gasteiger partial charge in [0.1, 0.15) is 0 Å². The van der Waals surface area contributed by atoms with Gasteiger partial charge in [0.2, 0.25) is 0 Å². The summed E-state index contributed by atoms with van der Waals surface area (Å²) in [4.78, 5) is 11.8. The highest BCUT2D eigenvalue weighted by atomic mass is 127. The Kier molecular flexibility index (Phi) is 4.50. The van der Waals surface area contributed by atoms with Gasteiger partial charge in [-0.15, -0.1) is 0 Å². The molecular formula is C10H16I2O2. The number of carbonyl (C=O) groups is 1. The van der Waals surface area contributed by atoms with E-state index in [0.29, 0.717) is 0 Å². The normalized spacial score (nSPS) is 20.9. The third kappa shape index (κ3) is 3.21. The molecule has 1 aliphatic carbocycles. The van der Waals surface area contributed by atoms with Crippen molar-refractivity contribution in [2.45, 2.75) is 49.4 Å². The topological polar surface area (TPSA) is 26.3 Å². The van der Waals surface area contributed by atoms with Crippen LogP contribution < -0.4 is 0 Å². The van der Waals surface area contributed by atoms with Crippen molar-refractivity contribution in [2.75, 3.05) is 0 Å². The highest BCUT2D eigenvalue weighted by molar-refractivity contribution is 14.1. The molecule has 0 aliphatic heterocycles. The Labute approximate surface area is 113 Å². The molecule has 82 valence electrons. The summed E-state index contributed by atoms with van der Waals surface area (Å²) in [7, 11) is 0. The summed E-state index contributed by atoms with van der Waals surface area (Å²) in [6.45, 7) is 4.35. The first kappa shape index (κ1) is 13.0. The fourth-order valence-electron chi connectivity index (χ4n) is 2.39. The lowest BCUT2D eigenvalue weighted by molar-refractivity contribution is -0.143. The minimum absolute atomic E-state index is 0.0136. The Balaban J connectivity index is 2.77. The lowest BCUT2D eigenvalue weighted by Crippen LogP contribution is -2.34. The molecule has 0 aromatic heterocycles. The predicted octanol–water partition coefficient (Wildman–Crippen LogP) is 4.04. The van der Waals surface area contributed by atoms with Crippen molar-refractivity contribution in [1.82, 2.24) is 0 Å². The number of carbonyl (C=O) groups excluding carboxylic acids is 1. The van der Waals surface area contributed by atoms with Crippen molar-refractivity contribution in [2.24, 2.45) is 5.41 Å². The van der Waals surface area contributed by atoms with E-state index in [0.717, 1.165) is 19.3 Å². The zero-order valence-corrected chi connectivity index (χ0v) is 12.9. The van der Waals surface area contributed by atoms with Crippen LogP contribution in [0.25, 0.3) is 0 Å². The molecule has 0 N–H and O–H groups in total. The third-order valence-corrected chi connectivity index (χ3v) is 3.60. The fraction of sp³-hybridized carbons (Fsp3) is 0.900. The maximum absolute atomic E-state index is 11.8. The van der Waals surface area contributed by atoms with E-state index in [4.69, 9.17) is 3.07 Å². The summed E-state index contributed by atoms with van der Waals surface area (Å²) in [6.07, 6.45) is 5.27. The maximum atomic E-state index is 11.8. The number of hydrogen-bond donors (Lipinski definition) is 0. The number of halogens is 2. The van der Waals surface area contributed by atoms with Crippen LogP contribution in [0.5, 0.6) is 0 Å². The predicted molar refractivity (Wildman–Crippen MR) is 73.7 cm³/mol. The lowest BCUT2D eigenvalue weighted by atomic mass is 9.79. The molecule has 4 heteroatoms. The van der Waals surface area contributed by atoms with E-state index < -0.39 is 0 Å². The summed E-state index contributed by atoms with van der Waals surface area (Å²) in [6, 6.07) is 0. The van der Waals surface area contributed by atoms with Crippen molar-refractivity contribution in [3.05, 3.63) is 0 Å². The molecule has 0 bridgehead atoms. The van der Waals surface area contributed by atoms with Crippen molar-refractivity contribution < 1.29 is 7.86 Å². The zero-order chi connectivity index (χ0) is 10.8. The van der Waals surface area contributed by atoms with Gasteiger partial charge >= 0.3 is 5.97 Å². The maximum Gasteiger partial charge on any atom is 0.321 e. The van der Waals surface area contributed by atoms with Crippen LogP contribution in [0.3, 0.4) is 0 Å². The number of alkyl halides is 1. The van der Waals surface area contributed by atoms with Gasteiger partial charge in [-0.1, -0.05) is 49.3 Å². The van der Waals surface area contributed by atoms with E-state index in [-0.39, 0.29) is 14.8 Å². The van der Waals surface area contributed by atoms with Gasteiger partial charge in [0.25, 0.3) is 0 Å². The Morgan fingerprint density at radius 1 is 1.43 bits per heavy atom. The first-order chi connectivity index (χ1) is 6.40. The van der Waals surface area contributed by atoms with Crippen LogP contribution in [-0.4, -0.2) is 9.39 Å². The molecule has 0 aromatic rings. The summed E-state index contributed by atoms with van der Waals surface area (Å²) < 4.78 is 5.08. The van der Waals surface area contributed by atoms with E-state index in [1.165, 1.54) is 12.8 Å². The van der Waals surface area contributed by atoms with Crippen LogP contribution >= 0.6 is 45.6 Å². The summed E-state index contributed by atoms with van der Waals surface area (Å²) in [5, 5.41) is 0. The molecule has 14 heavy (non-hydrogen) atoms. The van der Waals surface area contributed by atoms with Gasteiger partial charge in [-0.2, -0.15) is 0 Å². The second kappa shape index (κ2) is 4.84. The van der Waals surface area contributed by atoms with Crippen LogP contribution in [0.1, 0.15) is 46.0 Å². The SMILES string of the molecule is CC(C)(I)CC1(C(=O)OI)CCCC1. The average Bonchev–Trinajstić information content (AvgIpc) is 2.49. The quantitative estimate of drug-likeness (QED) is 0.507. The molecular weight excluding hydrogens is 406 g/mol.